The first-order chi connectivity index (χ1) is 12.5. The van der Waals surface area contributed by atoms with Gasteiger partial charge in [-0.1, -0.05) is 0 Å². The zero-order valence-electron chi connectivity index (χ0n) is 14.2. The normalized spacial score (nSPS) is 15.4. The van der Waals surface area contributed by atoms with E-state index in [9.17, 15) is 13.2 Å². The average molecular weight is 377 g/mol. The number of carbonyl (C=O) groups is 1. The molecule has 3 rings (SSSR count). The summed E-state index contributed by atoms with van der Waals surface area (Å²) in [5.74, 6) is 0.0907. The Hall–Kier alpha value is -2.49. The molecule has 26 heavy (non-hydrogen) atoms. The second-order valence-corrected chi connectivity index (χ2v) is 7.52. The molecule has 1 aliphatic rings. The molecule has 1 aromatic heterocycles. The minimum atomic E-state index is -3.57. The van der Waals surface area contributed by atoms with E-state index in [0.717, 1.165) is 0 Å². The number of hydrogen-bond donors (Lipinski definition) is 1. The lowest BCUT2D eigenvalue weighted by Gasteiger charge is -2.26. The number of anilines is 1. The Kier molecular flexibility index (Phi) is 5.50. The van der Waals surface area contributed by atoms with E-state index in [-0.39, 0.29) is 10.8 Å². The monoisotopic (exact) mass is 377 g/mol. The average Bonchev–Trinajstić information content (AvgIpc) is 2.69. The van der Waals surface area contributed by atoms with E-state index in [1.807, 2.05) is 0 Å². The Morgan fingerprint density at radius 1 is 1.15 bits per heavy atom. The number of morpholine rings is 1. The summed E-state index contributed by atoms with van der Waals surface area (Å²) in [7, 11) is -2.07. The fraction of sp³-hybridized carbons (Fsp3) is 0.294. The first-order valence-electron chi connectivity index (χ1n) is 8.00. The number of sulfonamides is 1. The molecule has 138 valence electrons. The molecule has 0 radical (unpaired) electrons. The van der Waals surface area contributed by atoms with Crippen LogP contribution in [0.2, 0.25) is 0 Å². The number of amides is 1. The van der Waals surface area contributed by atoms with Gasteiger partial charge in [0.25, 0.3) is 5.91 Å². The molecule has 0 spiro atoms. The quantitative estimate of drug-likeness (QED) is 0.845. The van der Waals surface area contributed by atoms with Crippen LogP contribution in [0, 0.1) is 0 Å². The number of hydrogen-bond acceptors (Lipinski definition) is 6. The summed E-state index contributed by atoms with van der Waals surface area (Å²) in [5, 5.41) is 2.70. The van der Waals surface area contributed by atoms with E-state index >= 15 is 0 Å². The van der Waals surface area contributed by atoms with Crippen LogP contribution in [-0.2, 0) is 14.8 Å². The number of aromatic nitrogens is 1. The molecule has 1 amide bonds. The van der Waals surface area contributed by atoms with E-state index < -0.39 is 10.0 Å². The third-order valence-corrected chi connectivity index (χ3v) is 5.84. The minimum absolute atomic E-state index is 0.155. The molecule has 0 unspecified atom stereocenters. The maximum Gasteiger partial charge on any atom is 0.255 e. The Bertz CT molecular complexity index is 860. The van der Waals surface area contributed by atoms with Crippen LogP contribution in [-0.4, -0.2) is 57.0 Å². The van der Waals surface area contributed by atoms with Gasteiger partial charge in [-0.2, -0.15) is 4.31 Å². The summed E-state index contributed by atoms with van der Waals surface area (Å²) in [6.45, 7) is 1.43. The highest BCUT2D eigenvalue weighted by Gasteiger charge is 2.26. The number of nitrogens with zero attached hydrogens (tertiary/aromatic N) is 2. The molecule has 2 heterocycles. The molecule has 9 heteroatoms. The summed E-state index contributed by atoms with van der Waals surface area (Å²) in [6.07, 6.45) is 1.48. The van der Waals surface area contributed by atoms with Crippen LogP contribution in [0.25, 0.3) is 0 Å². The SMILES string of the molecule is COc1ccc(NC(=O)c2ccc(S(=O)(=O)N3CCOCC3)cc2)cn1. The maximum absolute atomic E-state index is 12.6. The fourth-order valence-electron chi connectivity index (χ4n) is 2.49. The molecular formula is C17H19N3O5S. The van der Waals surface area contributed by atoms with Crippen LogP contribution in [0.5, 0.6) is 5.88 Å². The van der Waals surface area contributed by atoms with Gasteiger partial charge in [0.05, 0.1) is 37.1 Å². The predicted molar refractivity (Wildman–Crippen MR) is 94.8 cm³/mol. The highest BCUT2D eigenvalue weighted by molar-refractivity contribution is 7.89. The lowest BCUT2D eigenvalue weighted by molar-refractivity contribution is 0.0730. The lowest BCUT2D eigenvalue weighted by atomic mass is 10.2. The van der Waals surface area contributed by atoms with Gasteiger partial charge in [-0.15, -0.1) is 0 Å². The molecule has 2 aromatic rings. The predicted octanol–water partition coefficient (Wildman–Crippen LogP) is 1.36. The molecule has 1 saturated heterocycles. The number of nitrogens with one attached hydrogen (secondary N) is 1. The highest BCUT2D eigenvalue weighted by atomic mass is 32.2. The van der Waals surface area contributed by atoms with Crippen LogP contribution in [0.4, 0.5) is 5.69 Å². The van der Waals surface area contributed by atoms with Crippen molar-refractivity contribution in [2.45, 2.75) is 4.90 Å². The van der Waals surface area contributed by atoms with Crippen molar-refractivity contribution in [3.63, 3.8) is 0 Å². The van der Waals surface area contributed by atoms with Crippen LogP contribution in [0.3, 0.4) is 0 Å². The summed E-state index contributed by atoms with van der Waals surface area (Å²) >= 11 is 0. The van der Waals surface area contributed by atoms with Crippen LogP contribution >= 0.6 is 0 Å². The topological polar surface area (TPSA) is 97.8 Å². The summed E-state index contributed by atoms with van der Waals surface area (Å²) in [5.41, 5.74) is 0.863. The van der Waals surface area contributed by atoms with Crippen molar-refractivity contribution in [3.05, 3.63) is 48.2 Å². The van der Waals surface area contributed by atoms with Crippen molar-refractivity contribution in [3.8, 4) is 5.88 Å². The summed E-state index contributed by atoms with van der Waals surface area (Å²) < 4.78 is 36.7. The molecule has 0 atom stereocenters. The fourth-order valence-corrected chi connectivity index (χ4v) is 3.90. The van der Waals surface area contributed by atoms with Gasteiger partial charge in [-0.05, 0) is 30.3 Å². The minimum Gasteiger partial charge on any atom is -0.481 e. The Morgan fingerprint density at radius 2 is 1.85 bits per heavy atom. The molecule has 1 N–H and O–H groups in total. The molecular weight excluding hydrogens is 358 g/mol. The lowest BCUT2D eigenvalue weighted by Crippen LogP contribution is -2.40. The summed E-state index contributed by atoms with van der Waals surface area (Å²) in [4.78, 5) is 16.4. The first-order valence-corrected chi connectivity index (χ1v) is 9.44. The Balaban J connectivity index is 1.70. The van der Waals surface area contributed by atoms with Gasteiger partial charge in [0.2, 0.25) is 15.9 Å². The third kappa shape index (κ3) is 4.01. The third-order valence-electron chi connectivity index (χ3n) is 3.93. The molecule has 0 aliphatic carbocycles. The van der Waals surface area contributed by atoms with Gasteiger partial charge < -0.3 is 14.8 Å². The van der Waals surface area contributed by atoms with Gasteiger partial charge in [0.15, 0.2) is 0 Å². The van der Waals surface area contributed by atoms with Crippen molar-refractivity contribution in [2.75, 3.05) is 38.7 Å². The van der Waals surface area contributed by atoms with E-state index in [2.05, 4.69) is 10.3 Å². The number of pyridine rings is 1. The molecule has 8 nitrogen and oxygen atoms in total. The first kappa shape index (κ1) is 18.3. The van der Waals surface area contributed by atoms with Crippen LogP contribution in [0.15, 0.2) is 47.5 Å². The van der Waals surface area contributed by atoms with Gasteiger partial charge in [0, 0.05) is 24.7 Å². The van der Waals surface area contributed by atoms with Crippen LogP contribution < -0.4 is 10.1 Å². The van der Waals surface area contributed by atoms with Gasteiger partial charge in [-0.3, -0.25) is 4.79 Å². The van der Waals surface area contributed by atoms with Crippen LogP contribution in [0.1, 0.15) is 10.4 Å². The van der Waals surface area contributed by atoms with Gasteiger partial charge in [-0.25, -0.2) is 13.4 Å². The zero-order chi connectivity index (χ0) is 18.6. The molecule has 1 aromatic carbocycles. The number of rotatable bonds is 5. The zero-order valence-corrected chi connectivity index (χ0v) is 15.0. The largest absolute Gasteiger partial charge is 0.481 e. The Labute approximate surface area is 151 Å². The number of ether oxygens (including phenoxy) is 2. The number of benzene rings is 1. The second kappa shape index (κ2) is 7.81. The van der Waals surface area contributed by atoms with E-state index in [1.165, 1.54) is 41.9 Å². The number of methoxy groups -OCH3 is 1. The number of carbonyl (C=O) groups excluding carboxylic acids is 1. The van der Waals surface area contributed by atoms with Crippen molar-refractivity contribution < 1.29 is 22.7 Å². The second-order valence-electron chi connectivity index (χ2n) is 5.58. The van der Waals surface area contributed by atoms with Crippen molar-refractivity contribution >= 4 is 21.6 Å². The van der Waals surface area contributed by atoms with Gasteiger partial charge in [0.1, 0.15) is 0 Å². The molecule has 1 fully saturated rings. The maximum atomic E-state index is 12.6. The van der Waals surface area contributed by atoms with Crippen molar-refractivity contribution in [1.82, 2.24) is 9.29 Å². The molecule has 1 aliphatic heterocycles. The Morgan fingerprint density at radius 3 is 2.42 bits per heavy atom. The standard InChI is InChI=1S/C17H19N3O5S/c1-24-16-7-4-14(12-18-16)19-17(21)13-2-5-15(6-3-13)26(22,23)20-8-10-25-11-9-20/h2-7,12H,8-11H2,1H3,(H,19,21). The summed E-state index contributed by atoms with van der Waals surface area (Å²) in [6, 6.07) is 9.14. The van der Waals surface area contributed by atoms with E-state index in [1.54, 1.807) is 12.1 Å². The molecule has 0 saturated carbocycles. The van der Waals surface area contributed by atoms with E-state index in [4.69, 9.17) is 9.47 Å². The van der Waals surface area contributed by atoms with Crippen molar-refractivity contribution in [2.24, 2.45) is 0 Å². The van der Waals surface area contributed by atoms with Gasteiger partial charge >= 0.3 is 0 Å². The van der Waals surface area contributed by atoms with Crippen molar-refractivity contribution in [1.29, 1.82) is 0 Å². The highest BCUT2D eigenvalue weighted by Crippen LogP contribution is 2.18. The van der Waals surface area contributed by atoms with E-state index in [0.29, 0.717) is 43.4 Å². The molecule has 0 bridgehead atoms. The smallest absolute Gasteiger partial charge is 0.255 e.